The average Bonchev–Trinajstić information content (AvgIpc) is 2.66. The highest BCUT2D eigenvalue weighted by atomic mass is 32.2. The summed E-state index contributed by atoms with van der Waals surface area (Å²) in [5.41, 5.74) is 3.44. The zero-order valence-electron chi connectivity index (χ0n) is 15.9. The second-order valence-electron chi connectivity index (χ2n) is 6.90. The van der Waals surface area contributed by atoms with Crippen LogP contribution in [0, 0.1) is 6.92 Å². The highest BCUT2D eigenvalue weighted by Gasteiger charge is 2.23. The van der Waals surface area contributed by atoms with Gasteiger partial charge in [0.25, 0.3) is 0 Å². The van der Waals surface area contributed by atoms with Crippen molar-refractivity contribution in [3.05, 3.63) is 53.6 Å². The van der Waals surface area contributed by atoms with Crippen molar-refractivity contribution in [2.45, 2.75) is 24.7 Å². The minimum Gasteiger partial charge on any atom is -0.376 e. The van der Waals surface area contributed by atoms with Gasteiger partial charge in [0.2, 0.25) is 15.9 Å². The van der Waals surface area contributed by atoms with Gasteiger partial charge in [0.1, 0.15) is 0 Å². The molecule has 1 aliphatic rings. The molecule has 0 aromatic heterocycles. The molecule has 27 heavy (non-hydrogen) atoms. The highest BCUT2D eigenvalue weighted by Crippen LogP contribution is 2.27. The van der Waals surface area contributed by atoms with E-state index in [2.05, 4.69) is 11.4 Å². The maximum Gasteiger partial charge on any atom is 0.246 e. The number of nitrogens with zero attached hydrogens (tertiary/aromatic N) is 2. The number of amides is 1. The Kier molecular flexibility index (Phi) is 5.53. The van der Waals surface area contributed by atoms with Gasteiger partial charge < -0.3 is 10.2 Å². The largest absolute Gasteiger partial charge is 0.376 e. The molecule has 144 valence electrons. The Hall–Kier alpha value is -2.38. The summed E-state index contributed by atoms with van der Waals surface area (Å²) in [7, 11) is -0.519. The fourth-order valence-electron chi connectivity index (χ4n) is 3.25. The molecule has 2 aromatic carbocycles. The lowest BCUT2D eigenvalue weighted by molar-refractivity contribution is -0.117. The van der Waals surface area contributed by atoms with Gasteiger partial charge in [-0.2, -0.15) is 0 Å². The van der Waals surface area contributed by atoms with Crippen LogP contribution in [0.2, 0.25) is 0 Å². The van der Waals surface area contributed by atoms with E-state index in [9.17, 15) is 13.2 Å². The SMILES string of the molecule is Cc1ccc(NCC(=O)N2CCCc3ccccc32)cc1S(=O)(=O)N(C)C. The van der Waals surface area contributed by atoms with Crippen LogP contribution in [0.5, 0.6) is 0 Å². The van der Waals surface area contributed by atoms with Crippen molar-refractivity contribution in [3.8, 4) is 0 Å². The molecule has 0 bridgehead atoms. The molecule has 0 fully saturated rings. The van der Waals surface area contributed by atoms with Crippen LogP contribution in [0.1, 0.15) is 17.5 Å². The summed E-state index contributed by atoms with van der Waals surface area (Å²) < 4.78 is 26.1. The number of aryl methyl sites for hydroxylation is 2. The lowest BCUT2D eigenvalue weighted by atomic mass is 10.0. The van der Waals surface area contributed by atoms with Crippen LogP contribution in [0.4, 0.5) is 11.4 Å². The fourth-order valence-corrected chi connectivity index (χ4v) is 4.39. The van der Waals surface area contributed by atoms with Crippen molar-refractivity contribution in [3.63, 3.8) is 0 Å². The van der Waals surface area contributed by atoms with Crippen molar-refractivity contribution in [2.24, 2.45) is 0 Å². The number of carbonyl (C=O) groups excluding carboxylic acids is 1. The molecule has 3 rings (SSSR count). The number of benzene rings is 2. The summed E-state index contributed by atoms with van der Waals surface area (Å²) in [5, 5.41) is 3.08. The van der Waals surface area contributed by atoms with Crippen LogP contribution in [-0.2, 0) is 21.2 Å². The second kappa shape index (κ2) is 7.70. The van der Waals surface area contributed by atoms with Crippen molar-refractivity contribution in [1.29, 1.82) is 0 Å². The van der Waals surface area contributed by atoms with Crippen LogP contribution in [0.3, 0.4) is 0 Å². The minimum absolute atomic E-state index is 0.0280. The molecule has 0 spiro atoms. The van der Waals surface area contributed by atoms with Gasteiger partial charge in [-0.25, -0.2) is 12.7 Å². The number of para-hydroxylation sites is 1. The smallest absolute Gasteiger partial charge is 0.246 e. The number of hydrogen-bond acceptors (Lipinski definition) is 4. The Morgan fingerprint density at radius 1 is 1.19 bits per heavy atom. The number of sulfonamides is 1. The third-order valence-corrected chi connectivity index (χ3v) is 6.76. The lowest BCUT2D eigenvalue weighted by Crippen LogP contribution is -2.39. The molecule has 0 saturated carbocycles. The summed E-state index contributed by atoms with van der Waals surface area (Å²) in [6.07, 6.45) is 1.93. The Morgan fingerprint density at radius 3 is 2.67 bits per heavy atom. The second-order valence-corrected chi connectivity index (χ2v) is 9.02. The molecule has 0 radical (unpaired) electrons. The topological polar surface area (TPSA) is 69.7 Å². The number of fused-ring (bicyclic) bond motifs is 1. The van der Waals surface area contributed by atoms with Gasteiger partial charge in [0.15, 0.2) is 0 Å². The minimum atomic E-state index is -3.53. The molecule has 1 heterocycles. The first-order valence-corrected chi connectivity index (χ1v) is 10.4. The van der Waals surface area contributed by atoms with E-state index in [1.165, 1.54) is 24.0 Å². The van der Waals surface area contributed by atoms with Gasteiger partial charge in [-0.1, -0.05) is 24.3 Å². The Labute approximate surface area is 160 Å². The number of hydrogen-bond donors (Lipinski definition) is 1. The number of rotatable bonds is 5. The Morgan fingerprint density at radius 2 is 1.93 bits per heavy atom. The van der Waals surface area contributed by atoms with E-state index in [1.807, 2.05) is 18.2 Å². The van der Waals surface area contributed by atoms with E-state index in [1.54, 1.807) is 30.0 Å². The van der Waals surface area contributed by atoms with Crippen molar-refractivity contribution >= 4 is 27.3 Å². The summed E-state index contributed by atoms with van der Waals surface area (Å²) >= 11 is 0. The Bertz CT molecular complexity index is 955. The van der Waals surface area contributed by atoms with Gasteiger partial charge in [0, 0.05) is 32.0 Å². The van der Waals surface area contributed by atoms with E-state index in [0.29, 0.717) is 17.8 Å². The summed E-state index contributed by atoms with van der Waals surface area (Å²) in [6, 6.07) is 13.1. The molecule has 0 aliphatic carbocycles. The first-order chi connectivity index (χ1) is 12.8. The van der Waals surface area contributed by atoms with E-state index < -0.39 is 10.0 Å². The molecule has 2 aromatic rings. The van der Waals surface area contributed by atoms with Crippen molar-refractivity contribution in [1.82, 2.24) is 4.31 Å². The fraction of sp³-hybridized carbons (Fsp3) is 0.350. The molecular formula is C20H25N3O3S. The van der Waals surface area contributed by atoms with Crippen LogP contribution < -0.4 is 10.2 Å². The zero-order valence-corrected chi connectivity index (χ0v) is 16.7. The van der Waals surface area contributed by atoms with E-state index in [4.69, 9.17) is 0 Å². The van der Waals surface area contributed by atoms with Gasteiger partial charge in [-0.15, -0.1) is 0 Å². The number of carbonyl (C=O) groups is 1. The zero-order chi connectivity index (χ0) is 19.6. The first kappa shape index (κ1) is 19.4. The van der Waals surface area contributed by atoms with Gasteiger partial charge in [-0.05, 0) is 49.1 Å². The predicted molar refractivity (Wildman–Crippen MR) is 108 cm³/mol. The highest BCUT2D eigenvalue weighted by molar-refractivity contribution is 7.89. The molecule has 0 atom stereocenters. The normalized spacial score (nSPS) is 14.1. The standard InChI is InChI=1S/C20H25N3O3S/c1-15-10-11-17(13-19(15)27(25,26)22(2)3)21-14-20(24)23-12-6-8-16-7-4-5-9-18(16)23/h4-5,7,9-11,13,21H,6,8,12,14H2,1-3H3. The van der Waals surface area contributed by atoms with Gasteiger partial charge in [0.05, 0.1) is 11.4 Å². The number of nitrogens with one attached hydrogen (secondary N) is 1. The monoisotopic (exact) mass is 387 g/mol. The summed E-state index contributed by atoms with van der Waals surface area (Å²) in [6.45, 7) is 2.57. The molecule has 1 amide bonds. The average molecular weight is 388 g/mol. The maximum absolute atomic E-state index is 12.7. The predicted octanol–water partition coefficient (Wildman–Crippen LogP) is 2.64. The molecule has 7 heteroatoms. The molecule has 0 saturated heterocycles. The Balaban J connectivity index is 1.75. The van der Waals surface area contributed by atoms with E-state index in [-0.39, 0.29) is 17.3 Å². The molecule has 0 unspecified atom stereocenters. The van der Waals surface area contributed by atoms with Crippen molar-refractivity contribution in [2.75, 3.05) is 37.4 Å². The molecule has 6 nitrogen and oxygen atoms in total. The van der Waals surface area contributed by atoms with Crippen LogP contribution >= 0.6 is 0 Å². The van der Waals surface area contributed by atoms with E-state index in [0.717, 1.165) is 18.5 Å². The number of anilines is 2. The lowest BCUT2D eigenvalue weighted by Gasteiger charge is -2.29. The molecular weight excluding hydrogens is 362 g/mol. The molecule has 1 aliphatic heterocycles. The van der Waals surface area contributed by atoms with Crippen LogP contribution in [-0.4, -0.2) is 45.8 Å². The summed E-state index contributed by atoms with van der Waals surface area (Å²) in [4.78, 5) is 14.8. The van der Waals surface area contributed by atoms with E-state index >= 15 is 0 Å². The third kappa shape index (κ3) is 3.99. The summed E-state index contributed by atoms with van der Waals surface area (Å²) in [5.74, 6) is -0.0280. The van der Waals surface area contributed by atoms with Crippen molar-refractivity contribution < 1.29 is 13.2 Å². The van der Waals surface area contributed by atoms with Crippen LogP contribution in [0.15, 0.2) is 47.4 Å². The van der Waals surface area contributed by atoms with Crippen LogP contribution in [0.25, 0.3) is 0 Å². The quantitative estimate of drug-likeness (QED) is 0.856. The molecule has 1 N–H and O–H groups in total. The van der Waals surface area contributed by atoms with Gasteiger partial charge in [-0.3, -0.25) is 4.79 Å². The third-order valence-electron chi connectivity index (χ3n) is 4.80. The maximum atomic E-state index is 12.7. The first-order valence-electron chi connectivity index (χ1n) is 8.96. The van der Waals surface area contributed by atoms with Gasteiger partial charge >= 0.3 is 0 Å².